The molecule has 0 amide bonds. The Morgan fingerprint density at radius 2 is 2.12 bits per heavy atom. The van der Waals surface area contributed by atoms with Crippen LogP contribution in [0.3, 0.4) is 0 Å². The van der Waals surface area contributed by atoms with E-state index < -0.39 is 0 Å². The fourth-order valence-electron chi connectivity index (χ4n) is 1.31. The van der Waals surface area contributed by atoms with Gasteiger partial charge >= 0.3 is 0 Å². The lowest BCUT2D eigenvalue weighted by Crippen LogP contribution is -1.98. The summed E-state index contributed by atoms with van der Waals surface area (Å²) in [7, 11) is 0. The molecule has 0 bridgehead atoms. The zero-order valence-corrected chi connectivity index (χ0v) is 8.74. The third-order valence-electron chi connectivity index (χ3n) is 2.08. The Morgan fingerprint density at radius 3 is 2.81 bits per heavy atom. The summed E-state index contributed by atoms with van der Waals surface area (Å²) in [5.74, 6) is 0.638. The summed E-state index contributed by atoms with van der Waals surface area (Å²) in [6, 6.07) is 4.73. The molecule has 0 radical (unpaired) electrons. The fraction of sp³-hybridized carbons (Fsp3) is 0.0909. The van der Waals surface area contributed by atoms with Crippen molar-refractivity contribution in [3.8, 4) is 0 Å². The molecule has 0 aliphatic carbocycles. The number of rotatable bonds is 2. The van der Waals surface area contributed by atoms with E-state index >= 15 is 0 Å². The van der Waals surface area contributed by atoms with Crippen LogP contribution in [0.5, 0.6) is 0 Å². The second-order valence-electron chi connectivity index (χ2n) is 3.42. The second-order valence-corrected chi connectivity index (χ2v) is 3.42. The highest BCUT2D eigenvalue weighted by Gasteiger charge is 2.00. The van der Waals surface area contributed by atoms with Crippen molar-refractivity contribution in [3.05, 3.63) is 42.0 Å². The predicted octanol–water partition coefficient (Wildman–Crippen LogP) is 2.25. The minimum absolute atomic E-state index is 0.232. The first kappa shape index (κ1) is 10.4. The molecule has 82 valence electrons. The van der Waals surface area contributed by atoms with Crippen LogP contribution in [0.4, 0.5) is 21.7 Å². The number of nitrogen functional groups attached to an aromatic ring is 1. The van der Waals surface area contributed by atoms with Crippen molar-refractivity contribution >= 4 is 17.3 Å². The second kappa shape index (κ2) is 4.14. The van der Waals surface area contributed by atoms with E-state index in [1.54, 1.807) is 25.3 Å². The van der Waals surface area contributed by atoms with Gasteiger partial charge in [0, 0.05) is 5.69 Å². The molecule has 2 rings (SSSR count). The molecule has 4 nitrogen and oxygen atoms in total. The molecule has 1 aromatic heterocycles. The molecule has 3 N–H and O–H groups in total. The van der Waals surface area contributed by atoms with Gasteiger partial charge in [-0.15, -0.1) is 0 Å². The molecule has 0 saturated carbocycles. The van der Waals surface area contributed by atoms with Crippen LogP contribution in [0, 0.1) is 12.7 Å². The number of hydrogen-bond acceptors (Lipinski definition) is 4. The summed E-state index contributed by atoms with van der Waals surface area (Å²) in [6.07, 6.45) is 3.01. The Balaban J connectivity index is 2.24. The van der Waals surface area contributed by atoms with Crippen LogP contribution in [0.15, 0.2) is 30.6 Å². The number of aryl methyl sites for hydroxylation is 1. The van der Waals surface area contributed by atoms with Gasteiger partial charge in [-0.2, -0.15) is 0 Å². The average Bonchev–Trinajstić information content (AvgIpc) is 2.24. The Bertz CT molecular complexity index is 513. The Hall–Kier alpha value is -2.17. The van der Waals surface area contributed by atoms with E-state index in [-0.39, 0.29) is 5.82 Å². The van der Waals surface area contributed by atoms with Gasteiger partial charge in [-0.1, -0.05) is 0 Å². The van der Waals surface area contributed by atoms with Crippen LogP contribution in [-0.4, -0.2) is 9.97 Å². The minimum atomic E-state index is -0.232. The lowest BCUT2D eigenvalue weighted by molar-refractivity contribution is 0.619. The SMILES string of the molecule is Cc1cc(Nc2cncc(N)n2)ccc1F. The van der Waals surface area contributed by atoms with E-state index in [1.807, 2.05) is 0 Å². The van der Waals surface area contributed by atoms with E-state index in [9.17, 15) is 4.39 Å². The van der Waals surface area contributed by atoms with Crippen molar-refractivity contribution in [1.82, 2.24) is 9.97 Å². The van der Waals surface area contributed by atoms with Crippen molar-refractivity contribution in [3.63, 3.8) is 0 Å². The van der Waals surface area contributed by atoms with E-state index in [2.05, 4.69) is 15.3 Å². The van der Waals surface area contributed by atoms with Gasteiger partial charge in [0.2, 0.25) is 0 Å². The molecule has 0 unspecified atom stereocenters. The van der Waals surface area contributed by atoms with Gasteiger partial charge in [0.05, 0.1) is 12.4 Å². The maximum absolute atomic E-state index is 13.0. The standard InChI is InChI=1S/C11H11FN4/c1-7-4-8(2-3-9(7)12)15-11-6-14-5-10(13)16-11/h2-6H,1H3,(H3,13,15,16). The Morgan fingerprint density at radius 1 is 1.31 bits per heavy atom. The molecular weight excluding hydrogens is 207 g/mol. The first-order valence-corrected chi connectivity index (χ1v) is 4.76. The summed E-state index contributed by atoms with van der Waals surface area (Å²) >= 11 is 0. The van der Waals surface area contributed by atoms with Gasteiger partial charge < -0.3 is 11.1 Å². The number of nitrogens with one attached hydrogen (secondary N) is 1. The van der Waals surface area contributed by atoms with E-state index in [0.717, 1.165) is 5.69 Å². The summed E-state index contributed by atoms with van der Waals surface area (Å²) in [5, 5.41) is 2.99. The van der Waals surface area contributed by atoms with E-state index in [0.29, 0.717) is 17.2 Å². The largest absolute Gasteiger partial charge is 0.382 e. The van der Waals surface area contributed by atoms with Gasteiger partial charge in [-0.05, 0) is 30.7 Å². The molecule has 0 atom stereocenters. The van der Waals surface area contributed by atoms with Crippen LogP contribution in [-0.2, 0) is 0 Å². The summed E-state index contributed by atoms with van der Waals surface area (Å²) in [6.45, 7) is 1.70. The number of hydrogen-bond donors (Lipinski definition) is 2. The molecular formula is C11H11FN4. The molecule has 0 aliphatic rings. The quantitative estimate of drug-likeness (QED) is 0.811. The smallest absolute Gasteiger partial charge is 0.151 e. The molecule has 2 aromatic rings. The van der Waals surface area contributed by atoms with Crippen LogP contribution >= 0.6 is 0 Å². The summed E-state index contributed by atoms with van der Waals surface area (Å²) < 4.78 is 13.0. The zero-order chi connectivity index (χ0) is 11.5. The lowest BCUT2D eigenvalue weighted by Gasteiger charge is -2.06. The van der Waals surface area contributed by atoms with Crippen LogP contribution in [0.25, 0.3) is 0 Å². The number of halogens is 1. The van der Waals surface area contributed by atoms with Crippen molar-refractivity contribution in [1.29, 1.82) is 0 Å². The highest BCUT2D eigenvalue weighted by molar-refractivity contribution is 5.57. The molecule has 1 aromatic carbocycles. The topological polar surface area (TPSA) is 63.8 Å². The van der Waals surface area contributed by atoms with Gasteiger partial charge in [0.15, 0.2) is 5.82 Å². The van der Waals surface area contributed by atoms with Crippen molar-refractivity contribution in [2.45, 2.75) is 6.92 Å². The van der Waals surface area contributed by atoms with Crippen LogP contribution in [0.2, 0.25) is 0 Å². The van der Waals surface area contributed by atoms with Gasteiger partial charge in [-0.3, -0.25) is 4.98 Å². The van der Waals surface area contributed by atoms with Crippen molar-refractivity contribution in [2.75, 3.05) is 11.1 Å². The third-order valence-corrected chi connectivity index (χ3v) is 2.08. The molecule has 0 spiro atoms. The van der Waals surface area contributed by atoms with E-state index in [4.69, 9.17) is 5.73 Å². The summed E-state index contributed by atoms with van der Waals surface area (Å²) in [5.41, 5.74) is 6.81. The maximum Gasteiger partial charge on any atom is 0.151 e. The molecule has 0 aliphatic heterocycles. The average molecular weight is 218 g/mol. The normalized spacial score (nSPS) is 10.1. The maximum atomic E-state index is 13.0. The molecule has 5 heteroatoms. The first-order valence-electron chi connectivity index (χ1n) is 4.76. The molecule has 1 heterocycles. The highest BCUT2D eigenvalue weighted by Crippen LogP contribution is 2.17. The zero-order valence-electron chi connectivity index (χ0n) is 8.74. The lowest BCUT2D eigenvalue weighted by atomic mass is 10.2. The van der Waals surface area contributed by atoms with Crippen molar-refractivity contribution < 1.29 is 4.39 Å². The first-order chi connectivity index (χ1) is 7.65. The van der Waals surface area contributed by atoms with Gasteiger partial charge in [-0.25, -0.2) is 9.37 Å². The number of benzene rings is 1. The molecule has 0 fully saturated rings. The summed E-state index contributed by atoms with van der Waals surface area (Å²) in [4.78, 5) is 7.93. The number of nitrogens with zero attached hydrogens (tertiary/aromatic N) is 2. The monoisotopic (exact) mass is 218 g/mol. The van der Waals surface area contributed by atoms with Gasteiger partial charge in [0.25, 0.3) is 0 Å². The number of nitrogens with two attached hydrogens (primary N) is 1. The van der Waals surface area contributed by atoms with Crippen molar-refractivity contribution in [2.24, 2.45) is 0 Å². The Labute approximate surface area is 92.3 Å². The van der Waals surface area contributed by atoms with E-state index in [1.165, 1.54) is 12.3 Å². The molecule has 16 heavy (non-hydrogen) atoms. The third kappa shape index (κ3) is 2.25. The number of anilines is 3. The highest BCUT2D eigenvalue weighted by atomic mass is 19.1. The number of aromatic nitrogens is 2. The van der Waals surface area contributed by atoms with Crippen LogP contribution < -0.4 is 11.1 Å². The fourth-order valence-corrected chi connectivity index (χ4v) is 1.31. The minimum Gasteiger partial charge on any atom is -0.382 e. The Kier molecular flexibility index (Phi) is 2.68. The van der Waals surface area contributed by atoms with Crippen LogP contribution in [0.1, 0.15) is 5.56 Å². The predicted molar refractivity (Wildman–Crippen MR) is 60.9 cm³/mol. The van der Waals surface area contributed by atoms with Gasteiger partial charge in [0.1, 0.15) is 11.6 Å². The molecule has 0 saturated heterocycles.